The van der Waals surface area contributed by atoms with Crippen LogP contribution in [0, 0.1) is 6.92 Å². The third kappa shape index (κ3) is 4.31. The second kappa shape index (κ2) is 7.44. The molecule has 0 aliphatic carbocycles. The Morgan fingerprint density at radius 1 is 1.00 bits per heavy atom. The van der Waals surface area contributed by atoms with Crippen molar-refractivity contribution in [2.75, 3.05) is 10.0 Å². The predicted octanol–water partition coefficient (Wildman–Crippen LogP) is 3.86. The van der Waals surface area contributed by atoms with E-state index in [-0.39, 0.29) is 5.63 Å². The van der Waals surface area contributed by atoms with Crippen LogP contribution >= 0.6 is 0 Å². The molecule has 0 bridgehead atoms. The quantitative estimate of drug-likeness (QED) is 0.628. The lowest BCUT2D eigenvalue weighted by Crippen LogP contribution is -2.22. The van der Waals surface area contributed by atoms with Crippen molar-refractivity contribution in [1.29, 1.82) is 0 Å². The molecule has 0 atom stereocenters. The Hall–Kier alpha value is -2.80. The number of aryl methyl sites for hydroxylation is 1. The van der Waals surface area contributed by atoms with Gasteiger partial charge in [-0.3, -0.25) is 4.72 Å². The van der Waals surface area contributed by atoms with Crippen LogP contribution in [0.15, 0.2) is 57.7 Å². The summed E-state index contributed by atoms with van der Waals surface area (Å²) in [6.07, 6.45) is 0. The summed E-state index contributed by atoms with van der Waals surface area (Å²) in [5.74, 6) is 0. The van der Waals surface area contributed by atoms with Crippen LogP contribution in [-0.2, 0) is 16.6 Å². The highest BCUT2D eigenvalue weighted by atomic mass is 32.2. The Morgan fingerprint density at radius 2 is 1.70 bits per heavy atom. The molecule has 0 unspecified atom stereocenters. The molecule has 2 aromatic carbocycles. The summed E-state index contributed by atoms with van der Waals surface area (Å²) >= 11 is 0. The van der Waals surface area contributed by atoms with Crippen molar-refractivity contribution < 1.29 is 12.8 Å². The zero-order valence-electron chi connectivity index (χ0n) is 15.4. The summed E-state index contributed by atoms with van der Waals surface area (Å²) in [5, 5.41) is 3.76. The summed E-state index contributed by atoms with van der Waals surface area (Å²) in [5.41, 5.74) is 3.70. The van der Waals surface area contributed by atoms with Crippen LogP contribution in [0.4, 0.5) is 11.4 Å². The monoisotopic (exact) mass is 386 g/mol. The van der Waals surface area contributed by atoms with E-state index in [2.05, 4.69) is 10.0 Å². The number of hydrogen-bond donors (Lipinski definition) is 2. The van der Waals surface area contributed by atoms with Crippen molar-refractivity contribution in [3.63, 3.8) is 0 Å². The van der Waals surface area contributed by atoms with Crippen LogP contribution in [0.5, 0.6) is 0 Å². The van der Waals surface area contributed by atoms with E-state index in [9.17, 15) is 13.2 Å². The van der Waals surface area contributed by atoms with Gasteiger partial charge >= 0.3 is 5.63 Å². The summed E-state index contributed by atoms with van der Waals surface area (Å²) in [4.78, 5) is 11.3. The molecule has 142 valence electrons. The molecule has 0 amide bonds. The molecular weight excluding hydrogens is 364 g/mol. The number of rotatable bonds is 6. The van der Waals surface area contributed by atoms with Gasteiger partial charge < -0.3 is 9.73 Å². The highest BCUT2D eigenvalue weighted by Gasteiger charge is 2.15. The zero-order valence-corrected chi connectivity index (χ0v) is 16.3. The average Bonchev–Trinajstić information content (AvgIpc) is 2.62. The number of benzene rings is 2. The molecule has 0 fully saturated rings. The first kappa shape index (κ1) is 19.0. The zero-order chi connectivity index (χ0) is 19.6. The molecule has 7 heteroatoms. The summed E-state index contributed by atoms with van der Waals surface area (Å²) < 4.78 is 31.6. The molecule has 2 N–H and O–H groups in total. The maximum Gasteiger partial charge on any atom is 0.336 e. The second-order valence-electron chi connectivity index (χ2n) is 6.65. The van der Waals surface area contributed by atoms with Gasteiger partial charge in [0.25, 0.3) is 0 Å². The number of nitrogens with one attached hydrogen (secondary N) is 2. The minimum absolute atomic E-state index is 0.365. The van der Waals surface area contributed by atoms with Crippen molar-refractivity contribution in [3.8, 4) is 0 Å². The molecule has 0 saturated heterocycles. The summed E-state index contributed by atoms with van der Waals surface area (Å²) in [6, 6.07) is 14.1. The van der Waals surface area contributed by atoms with Crippen molar-refractivity contribution in [3.05, 3.63) is 70.1 Å². The van der Waals surface area contributed by atoms with Gasteiger partial charge in [0.1, 0.15) is 5.58 Å². The van der Waals surface area contributed by atoms with Gasteiger partial charge in [-0.1, -0.05) is 12.1 Å². The Kier molecular flexibility index (Phi) is 5.23. The molecule has 3 rings (SSSR count). The Morgan fingerprint density at radius 3 is 2.37 bits per heavy atom. The molecule has 1 heterocycles. The molecular formula is C20H22N2O4S. The van der Waals surface area contributed by atoms with Gasteiger partial charge in [-0.05, 0) is 62.2 Å². The van der Waals surface area contributed by atoms with Crippen LogP contribution in [-0.4, -0.2) is 13.7 Å². The average molecular weight is 386 g/mol. The number of fused-ring (bicyclic) bond motifs is 1. The van der Waals surface area contributed by atoms with E-state index in [1.54, 1.807) is 38.1 Å². The maximum absolute atomic E-state index is 11.9. The molecule has 0 spiro atoms. The van der Waals surface area contributed by atoms with Gasteiger partial charge in [0.15, 0.2) is 0 Å². The Balaban J connectivity index is 1.72. The van der Waals surface area contributed by atoms with Crippen molar-refractivity contribution in [2.24, 2.45) is 0 Å². The number of anilines is 2. The minimum Gasteiger partial charge on any atom is -0.423 e. The molecule has 27 heavy (non-hydrogen) atoms. The fourth-order valence-electron chi connectivity index (χ4n) is 2.66. The lowest BCUT2D eigenvalue weighted by Gasteiger charge is -2.13. The van der Waals surface area contributed by atoms with E-state index in [1.165, 1.54) is 6.07 Å². The SMILES string of the molecule is Cc1c(NCc2ccc(NS(=O)(=O)C(C)C)cc2)ccc2oc(=O)ccc12. The fourth-order valence-corrected chi connectivity index (χ4v) is 3.36. The number of sulfonamides is 1. The van der Waals surface area contributed by atoms with Crippen LogP contribution in [0.25, 0.3) is 11.0 Å². The van der Waals surface area contributed by atoms with E-state index in [0.29, 0.717) is 17.8 Å². The molecule has 0 aliphatic rings. The van der Waals surface area contributed by atoms with E-state index in [1.807, 2.05) is 25.1 Å². The van der Waals surface area contributed by atoms with E-state index in [4.69, 9.17) is 4.42 Å². The van der Waals surface area contributed by atoms with Gasteiger partial charge in [-0.25, -0.2) is 13.2 Å². The topological polar surface area (TPSA) is 88.4 Å². The molecule has 6 nitrogen and oxygen atoms in total. The normalized spacial score (nSPS) is 11.7. The van der Waals surface area contributed by atoms with Crippen molar-refractivity contribution in [1.82, 2.24) is 0 Å². The second-order valence-corrected chi connectivity index (χ2v) is 8.89. The first-order valence-electron chi connectivity index (χ1n) is 8.64. The number of hydrogen-bond acceptors (Lipinski definition) is 5. The van der Waals surface area contributed by atoms with Gasteiger partial charge in [0.2, 0.25) is 10.0 Å². The molecule has 0 saturated carbocycles. The lowest BCUT2D eigenvalue weighted by atomic mass is 10.1. The minimum atomic E-state index is -3.35. The van der Waals surface area contributed by atoms with Gasteiger partial charge in [0.05, 0.1) is 5.25 Å². The highest BCUT2D eigenvalue weighted by Crippen LogP contribution is 2.25. The van der Waals surface area contributed by atoms with Crippen molar-refractivity contribution in [2.45, 2.75) is 32.6 Å². The van der Waals surface area contributed by atoms with Gasteiger partial charge in [-0.2, -0.15) is 0 Å². The first-order chi connectivity index (χ1) is 12.8. The summed E-state index contributed by atoms with van der Waals surface area (Å²) in [7, 11) is -3.35. The third-order valence-electron chi connectivity index (χ3n) is 4.39. The first-order valence-corrected chi connectivity index (χ1v) is 10.2. The lowest BCUT2D eigenvalue weighted by molar-refractivity contribution is 0.561. The maximum atomic E-state index is 11.9. The van der Waals surface area contributed by atoms with Crippen LogP contribution in [0.2, 0.25) is 0 Å². The third-order valence-corrected chi connectivity index (χ3v) is 6.15. The van der Waals surface area contributed by atoms with E-state index >= 15 is 0 Å². The Bertz CT molecular complexity index is 1120. The van der Waals surface area contributed by atoms with Crippen LogP contribution in [0.3, 0.4) is 0 Å². The van der Waals surface area contributed by atoms with Crippen molar-refractivity contribution >= 4 is 32.4 Å². The smallest absolute Gasteiger partial charge is 0.336 e. The Labute approximate surface area is 158 Å². The largest absolute Gasteiger partial charge is 0.423 e. The van der Waals surface area contributed by atoms with E-state index in [0.717, 1.165) is 22.2 Å². The summed E-state index contributed by atoms with van der Waals surface area (Å²) in [6.45, 7) is 5.82. The highest BCUT2D eigenvalue weighted by molar-refractivity contribution is 7.93. The predicted molar refractivity (Wildman–Crippen MR) is 109 cm³/mol. The molecule has 0 radical (unpaired) electrons. The van der Waals surface area contributed by atoms with Crippen LogP contribution < -0.4 is 15.7 Å². The van der Waals surface area contributed by atoms with Gasteiger partial charge in [0, 0.05) is 29.4 Å². The van der Waals surface area contributed by atoms with Crippen LogP contribution in [0.1, 0.15) is 25.0 Å². The van der Waals surface area contributed by atoms with E-state index < -0.39 is 15.3 Å². The fraction of sp³-hybridized carbons (Fsp3) is 0.250. The van der Waals surface area contributed by atoms with Gasteiger partial charge in [-0.15, -0.1) is 0 Å². The molecule has 0 aliphatic heterocycles. The molecule has 1 aromatic heterocycles. The standard InChI is InChI=1S/C20H22N2O4S/c1-13(2)27(24,25)22-16-6-4-15(5-7-16)12-21-18-9-10-19-17(14(18)3)8-11-20(23)26-19/h4-11,13,21-22H,12H2,1-3H3. The molecule has 3 aromatic rings.